The highest BCUT2D eigenvalue weighted by Crippen LogP contribution is 2.12. The second kappa shape index (κ2) is 8.75. The van der Waals surface area contributed by atoms with Crippen molar-refractivity contribution in [2.75, 3.05) is 10.6 Å². The number of amides is 2. The molecule has 2 N–H and O–H groups in total. The fourth-order valence-corrected chi connectivity index (χ4v) is 2.18. The molecule has 0 radical (unpaired) electrons. The van der Waals surface area contributed by atoms with E-state index < -0.39 is 23.8 Å². The molecule has 2 rings (SSSR count). The molecule has 26 heavy (non-hydrogen) atoms. The van der Waals surface area contributed by atoms with E-state index in [1.165, 1.54) is 38.1 Å². The minimum absolute atomic E-state index is 0.0159. The van der Waals surface area contributed by atoms with Crippen molar-refractivity contribution in [3.63, 3.8) is 0 Å². The minimum atomic E-state index is -1.02. The van der Waals surface area contributed by atoms with Crippen LogP contribution in [0.15, 0.2) is 48.5 Å². The number of esters is 1. The lowest BCUT2D eigenvalue weighted by molar-refractivity contribution is -0.152. The number of nitrogens with one attached hydrogen (secondary N) is 2. The maximum absolute atomic E-state index is 13.1. The van der Waals surface area contributed by atoms with E-state index in [-0.39, 0.29) is 18.0 Å². The highest BCUT2D eigenvalue weighted by Gasteiger charge is 2.18. The molecule has 2 aromatic rings. The summed E-state index contributed by atoms with van der Waals surface area (Å²) in [5, 5.41) is 5.11. The van der Waals surface area contributed by atoms with Crippen molar-refractivity contribution in [1.82, 2.24) is 0 Å². The highest BCUT2D eigenvalue weighted by molar-refractivity contribution is 5.95. The van der Waals surface area contributed by atoms with Crippen LogP contribution in [0.4, 0.5) is 15.8 Å². The summed E-state index contributed by atoms with van der Waals surface area (Å²) in [6.07, 6.45) is -1.04. The molecule has 0 unspecified atom stereocenters. The predicted molar refractivity (Wildman–Crippen MR) is 95.0 cm³/mol. The normalized spacial score (nSPS) is 11.3. The molecular weight excluding hydrogens is 339 g/mol. The lowest BCUT2D eigenvalue weighted by Gasteiger charge is -2.13. The molecule has 0 heterocycles. The molecule has 7 heteroatoms. The second-order valence-corrected chi connectivity index (χ2v) is 5.69. The van der Waals surface area contributed by atoms with Gasteiger partial charge in [0, 0.05) is 18.3 Å². The van der Waals surface area contributed by atoms with E-state index in [0.717, 1.165) is 0 Å². The fraction of sp³-hybridized carbons (Fsp3) is 0.211. The van der Waals surface area contributed by atoms with Gasteiger partial charge in [0.15, 0.2) is 6.10 Å². The van der Waals surface area contributed by atoms with Crippen molar-refractivity contribution in [3.8, 4) is 0 Å². The van der Waals surface area contributed by atoms with E-state index in [0.29, 0.717) is 11.3 Å². The fourth-order valence-electron chi connectivity index (χ4n) is 2.18. The summed E-state index contributed by atoms with van der Waals surface area (Å²) in [6, 6.07) is 12.1. The Morgan fingerprint density at radius 3 is 2.35 bits per heavy atom. The monoisotopic (exact) mass is 358 g/mol. The van der Waals surface area contributed by atoms with Crippen LogP contribution in [0.2, 0.25) is 0 Å². The van der Waals surface area contributed by atoms with E-state index in [2.05, 4.69) is 10.6 Å². The lowest BCUT2D eigenvalue weighted by Crippen LogP contribution is -2.30. The number of carbonyl (C=O) groups is 3. The first-order chi connectivity index (χ1) is 12.3. The summed E-state index contributed by atoms with van der Waals surface area (Å²) in [5.74, 6) is -1.78. The third kappa shape index (κ3) is 6.01. The molecule has 0 aliphatic rings. The van der Waals surface area contributed by atoms with Crippen LogP contribution in [0.5, 0.6) is 0 Å². The molecule has 0 saturated carbocycles. The summed E-state index contributed by atoms with van der Waals surface area (Å²) < 4.78 is 18.2. The second-order valence-electron chi connectivity index (χ2n) is 5.69. The van der Waals surface area contributed by atoms with Crippen molar-refractivity contribution in [2.24, 2.45) is 0 Å². The van der Waals surface area contributed by atoms with Gasteiger partial charge in [0.1, 0.15) is 5.82 Å². The van der Waals surface area contributed by atoms with Gasteiger partial charge in [0.2, 0.25) is 5.91 Å². The Bertz CT molecular complexity index is 805. The molecule has 136 valence electrons. The number of carbonyl (C=O) groups excluding carboxylic acids is 3. The Hall–Kier alpha value is -3.22. The van der Waals surface area contributed by atoms with Crippen LogP contribution in [0.1, 0.15) is 19.4 Å². The molecule has 2 amide bonds. The Labute approximate surface area is 150 Å². The number of halogens is 1. The van der Waals surface area contributed by atoms with Crippen molar-refractivity contribution >= 4 is 29.2 Å². The Kier molecular flexibility index (Phi) is 6.43. The van der Waals surface area contributed by atoms with Crippen molar-refractivity contribution < 1.29 is 23.5 Å². The van der Waals surface area contributed by atoms with Gasteiger partial charge in [-0.25, -0.2) is 4.39 Å². The maximum atomic E-state index is 13.1. The number of hydrogen-bond donors (Lipinski definition) is 2. The third-order valence-corrected chi connectivity index (χ3v) is 3.39. The van der Waals surface area contributed by atoms with Crippen LogP contribution in [-0.2, 0) is 25.5 Å². The molecule has 1 atom stereocenters. The number of anilines is 2. The average Bonchev–Trinajstić information content (AvgIpc) is 2.56. The summed E-state index contributed by atoms with van der Waals surface area (Å²) in [6.45, 7) is 2.84. The third-order valence-electron chi connectivity index (χ3n) is 3.39. The number of ether oxygens (including phenoxy) is 1. The average molecular weight is 358 g/mol. The van der Waals surface area contributed by atoms with Crippen molar-refractivity contribution in [3.05, 3.63) is 59.9 Å². The molecule has 0 aliphatic heterocycles. The summed E-state index contributed by atoms with van der Waals surface area (Å²) >= 11 is 0. The summed E-state index contributed by atoms with van der Waals surface area (Å²) in [7, 11) is 0. The van der Waals surface area contributed by atoms with Gasteiger partial charge in [-0.1, -0.05) is 18.2 Å². The van der Waals surface area contributed by atoms with Gasteiger partial charge in [-0.3, -0.25) is 14.4 Å². The van der Waals surface area contributed by atoms with Gasteiger partial charge in [0.25, 0.3) is 5.91 Å². The number of benzene rings is 2. The number of hydrogen-bond acceptors (Lipinski definition) is 4. The van der Waals surface area contributed by atoms with E-state index >= 15 is 0 Å². The highest BCUT2D eigenvalue weighted by atomic mass is 19.1. The molecular formula is C19H19FN2O4. The van der Waals surface area contributed by atoms with Gasteiger partial charge >= 0.3 is 5.97 Å². The summed E-state index contributed by atoms with van der Waals surface area (Å²) in [5.41, 5.74) is 1.59. The summed E-state index contributed by atoms with van der Waals surface area (Å²) in [4.78, 5) is 34.9. The van der Waals surface area contributed by atoms with Crippen LogP contribution in [0, 0.1) is 5.82 Å². The first kappa shape index (κ1) is 19.1. The van der Waals surface area contributed by atoms with Crippen molar-refractivity contribution in [1.29, 1.82) is 0 Å². The molecule has 6 nitrogen and oxygen atoms in total. The Morgan fingerprint density at radius 1 is 1.04 bits per heavy atom. The standard InChI is InChI=1S/C19H19FN2O4/c1-12(19(25)22-17-5-3-4-15(20)11-17)26-18(24)10-14-6-8-16(9-7-14)21-13(2)23/h3-9,11-12H,10H2,1-2H3,(H,21,23)(H,22,25)/t12-/m0/s1. The molecule has 0 saturated heterocycles. The van der Waals surface area contributed by atoms with E-state index in [1.807, 2.05) is 0 Å². The molecule has 2 aromatic carbocycles. The molecule has 0 fully saturated rings. The predicted octanol–water partition coefficient (Wildman–Crippen LogP) is 2.90. The van der Waals surface area contributed by atoms with Crippen LogP contribution < -0.4 is 10.6 Å². The Morgan fingerprint density at radius 2 is 1.73 bits per heavy atom. The van der Waals surface area contributed by atoms with Crippen LogP contribution in [-0.4, -0.2) is 23.9 Å². The topological polar surface area (TPSA) is 84.5 Å². The lowest BCUT2D eigenvalue weighted by atomic mass is 10.1. The quantitative estimate of drug-likeness (QED) is 0.778. The molecule has 0 aromatic heterocycles. The van der Waals surface area contributed by atoms with E-state index in [4.69, 9.17) is 4.74 Å². The SMILES string of the molecule is CC(=O)Nc1ccc(CC(=O)O[C@@H](C)C(=O)Nc2cccc(F)c2)cc1. The number of rotatable bonds is 6. The minimum Gasteiger partial charge on any atom is -0.452 e. The first-order valence-electron chi connectivity index (χ1n) is 7.96. The molecule has 0 spiro atoms. The molecule has 0 bridgehead atoms. The zero-order chi connectivity index (χ0) is 19.1. The van der Waals surface area contributed by atoms with E-state index in [9.17, 15) is 18.8 Å². The Balaban J connectivity index is 1.86. The van der Waals surface area contributed by atoms with Crippen molar-refractivity contribution in [2.45, 2.75) is 26.4 Å². The molecule has 0 aliphatic carbocycles. The van der Waals surface area contributed by atoms with Gasteiger partial charge in [-0.05, 0) is 42.8 Å². The largest absolute Gasteiger partial charge is 0.452 e. The first-order valence-corrected chi connectivity index (χ1v) is 7.96. The van der Waals surface area contributed by atoms with Gasteiger partial charge in [-0.15, -0.1) is 0 Å². The van der Waals surface area contributed by atoms with Gasteiger partial charge in [-0.2, -0.15) is 0 Å². The zero-order valence-electron chi connectivity index (χ0n) is 14.4. The van der Waals surface area contributed by atoms with E-state index in [1.54, 1.807) is 24.3 Å². The smallest absolute Gasteiger partial charge is 0.311 e. The maximum Gasteiger partial charge on any atom is 0.311 e. The zero-order valence-corrected chi connectivity index (χ0v) is 14.4. The van der Waals surface area contributed by atoms with Gasteiger partial charge < -0.3 is 15.4 Å². The van der Waals surface area contributed by atoms with Crippen LogP contribution >= 0.6 is 0 Å². The van der Waals surface area contributed by atoms with Gasteiger partial charge in [0.05, 0.1) is 6.42 Å². The van der Waals surface area contributed by atoms with Crippen LogP contribution in [0.3, 0.4) is 0 Å². The van der Waals surface area contributed by atoms with Crippen LogP contribution in [0.25, 0.3) is 0 Å².